The van der Waals surface area contributed by atoms with Gasteiger partial charge in [0, 0.05) is 13.0 Å². The van der Waals surface area contributed by atoms with Crippen LogP contribution in [0.25, 0.3) is 0 Å². The number of hydrogen-bond acceptors (Lipinski definition) is 2. The topological polar surface area (TPSA) is 26.3 Å². The lowest BCUT2D eigenvalue weighted by molar-refractivity contribution is -0.110. The van der Waals surface area contributed by atoms with Gasteiger partial charge in [-0.15, -0.1) is 0 Å². The van der Waals surface area contributed by atoms with Crippen molar-refractivity contribution in [2.24, 2.45) is 5.92 Å². The summed E-state index contributed by atoms with van der Waals surface area (Å²) in [6.45, 7) is 2.72. The smallest absolute Gasteiger partial charge is 0.122 e. The Bertz CT molecular complexity index is 139. The van der Waals surface area contributed by atoms with Gasteiger partial charge in [-0.1, -0.05) is 25.7 Å². The van der Waals surface area contributed by atoms with Crippen molar-refractivity contribution in [1.29, 1.82) is 0 Å². The minimum Gasteiger partial charge on any atom is -0.378 e. The van der Waals surface area contributed by atoms with Gasteiger partial charge in [-0.3, -0.25) is 0 Å². The second-order valence-corrected chi connectivity index (χ2v) is 3.87. The summed E-state index contributed by atoms with van der Waals surface area (Å²) in [5.41, 5.74) is 0. The highest BCUT2D eigenvalue weighted by atomic mass is 16.5. The molecule has 1 aliphatic rings. The van der Waals surface area contributed by atoms with Gasteiger partial charge in [0.1, 0.15) is 6.29 Å². The van der Waals surface area contributed by atoms with Crippen molar-refractivity contribution in [3.05, 3.63) is 0 Å². The minimum atomic E-state index is 0.186. The van der Waals surface area contributed by atoms with Gasteiger partial charge in [0.25, 0.3) is 0 Å². The Kier molecular flexibility index (Phi) is 5.06. The average molecular weight is 184 g/mol. The molecule has 0 radical (unpaired) electrons. The fourth-order valence-electron chi connectivity index (χ4n) is 2.19. The molecule has 2 nitrogen and oxygen atoms in total. The van der Waals surface area contributed by atoms with E-state index in [-0.39, 0.29) is 6.10 Å². The highest BCUT2D eigenvalue weighted by Gasteiger charge is 2.19. The zero-order chi connectivity index (χ0) is 9.52. The minimum absolute atomic E-state index is 0.186. The summed E-state index contributed by atoms with van der Waals surface area (Å²) < 4.78 is 5.51. The lowest BCUT2D eigenvalue weighted by atomic mass is 9.99. The van der Waals surface area contributed by atoms with Crippen molar-refractivity contribution in [3.63, 3.8) is 0 Å². The van der Waals surface area contributed by atoms with E-state index in [0.717, 1.165) is 25.2 Å². The van der Waals surface area contributed by atoms with Crippen LogP contribution in [0.1, 0.15) is 45.4 Å². The first kappa shape index (κ1) is 10.7. The zero-order valence-electron chi connectivity index (χ0n) is 8.50. The molecule has 0 aromatic heterocycles. The molecule has 0 bridgehead atoms. The molecule has 0 aromatic rings. The maximum atomic E-state index is 10.4. The van der Waals surface area contributed by atoms with E-state index in [1.807, 2.05) is 6.92 Å². The van der Waals surface area contributed by atoms with Crippen molar-refractivity contribution >= 4 is 6.29 Å². The van der Waals surface area contributed by atoms with Crippen LogP contribution in [0.15, 0.2) is 0 Å². The fourth-order valence-corrected chi connectivity index (χ4v) is 2.19. The van der Waals surface area contributed by atoms with Gasteiger partial charge in [-0.25, -0.2) is 0 Å². The van der Waals surface area contributed by atoms with Crippen LogP contribution < -0.4 is 0 Å². The maximum Gasteiger partial charge on any atom is 0.122 e. The summed E-state index contributed by atoms with van der Waals surface area (Å²) in [6, 6.07) is 0. The Morgan fingerprint density at radius 2 is 2.15 bits per heavy atom. The van der Waals surface area contributed by atoms with Crippen LogP contribution in [0.5, 0.6) is 0 Å². The van der Waals surface area contributed by atoms with E-state index in [4.69, 9.17) is 4.74 Å². The molecule has 0 aromatic carbocycles. The number of aldehydes is 1. The largest absolute Gasteiger partial charge is 0.378 e. The lowest BCUT2D eigenvalue weighted by Gasteiger charge is -2.18. The van der Waals surface area contributed by atoms with Gasteiger partial charge in [0.05, 0.1) is 6.10 Å². The molecule has 1 saturated carbocycles. The molecule has 1 rings (SSSR count). The van der Waals surface area contributed by atoms with Gasteiger partial charge in [0.2, 0.25) is 0 Å². The number of hydrogen-bond donors (Lipinski definition) is 0. The van der Waals surface area contributed by atoms with Crippen molar-refractivity contribution in [3.8, 4) is 0 Å². The maximum absolute atomic E-state index is 10.4. The zero-order valence-corrected chi connectivity index (χ0v) is 8.50. The predicted octanol–water partition coefficient (Wildman–Crippen LogP) is 2.56. The van der Waals surface area contributed by atoms with E-state index in [1.165, 1.54) is 25.7 Å². The van der Waals surface area contributed by atoms with Crippen LogP contribution in [-0.4, -0.2) is 19.0 Å². The summed E-state index contributed by atoms with van der Waals surface area (Å²) in [7, 11) is 0. The van der Waals surface area contributed by atoms with Crippen molar-refractivity contribution in [2.75, 3.05) is 6.61 Å². The number of carbonyl (C=O) groups excluding carboxylic acids is 1. The molecule has 13 heavy (non-hydrogen) atoms. The van der Waals surface area contributed by atoms with Crippen molar-refractivity contribution in [1.82, 2.24) is 0 Å². The molecule has 1 aliphatic carbocycles. The molecule has 1 unspecified atom stereocenters. The Hall–Kier alpha value is -0.370. The molecular weight excluding hydrogens is 164 g/mol. The van der Waals surface area contributed by atoms with E-state index in [9.17, 15) is 4.79 Å². The molecule has 0 amide bonds. The number of carbonyl (C=O) groups is 1. The highest BCUT2D eigenvalue weighted by Crippen LogP contribution is 2.29. The lowest BCUT2D eigenvalue weighted by Crippen LogP contribution is -2.17. The third-order valence-electron chi connectivity index (χ3n) is 2.83. The third-order valence-corrected chi connectivity index (χ3v) is 2.83. The Balaban J connectivity index is 2.22. The van der Waals surface area contributed by atoms with Crippen molar-refractivity contribution in [2.45, 2.75) is 51.6 Å². The predicted molar refractivity (Wildman–Crippen MR) is 52.7 cm³/mol. The van der Waals surface area contributed by atoms with Gasteiger partial charge in [-0.05, 0) is 19.3 Å². The van der Waals surface area contributed by atoms with Gasteiger partial charge < -0.3 is 9.53 Å². The van der Waals surface area contributed by atoms with Crippen LogP contribution in [0, 0.1) is 5.92 Å². The summed E-state index contributed by atoms with van der Waals surface area (Å²) in [5, 5.41) is 0. The van der Waals surface area contributed by atoms with E-state index in [0.29, 0.717) is 6.42 Å². The summed E-state index contributed by atoms with van der Waals surface area (Å²) in [6.07, 6.45) is 8.23. The summed E-state index contributed by atoms with van der Waals surface area (Å²) in [4.78, 5) is 10.4. The Morgan fingerprint density at radius 1 is 1.46 bits per heavy atom. The Morgan fingerprint density at radius 3 is 2.69 bits per heavy atom. The molecular formula is C11H20O2. The molecule has 1 fully saturated rings. The van der Waals surface area contributed by atoms with E-state index < -0.39 is 0 Å². The quantitative estimate of drug-likeness (QED) is 0.593. The monoisotopic (exact) mass is 184 g/mol. The second-order valence-electron chi connectivity index (χ2n) is 3.87. The molecule has 0 spiro atoms. The first-order valence-corrected chi connectivity index (χ1v) is 5.42. The van der Waals surface area contributed by atoms with Crippen LogP contribution in [0.4, 0.5) is 0 Å². The standard InChI is InChI=1S/C11H20O2/c1-2-13-11(7-8-12)9-10-5-3-4-6-10/h8,10-11H,2-7,9H2,1H3. The van der Waals surface area contributed by atoms with E-state index >= 15 is 0 Å². The van der Waals surface area contributed by atoms with Crippen LogP contribution in [0.3, 0.4) is 0 Å². The highest BCUT2D eigenvalue weighted by molar-refractivity contribution is 5.50. The fraction of sp³-hybridized carbons (Fsp3) is 0.909. The molecule has 0 heterocycles. The van der Waals surface area contributed by atoms with Gasteiger partial charge in [0.15, 0.2) is 0 Å². The summed E-state index contributed by atoms with van der Waals surface area (Å²) >= 11 is 0. The molecule has 0 aliphatic heterocycles. The number of rotatable bonds is 6. The SMILES string of the molecule is CCOC(CC=O)CC1CCCC1. The van der Waals surface area contributed by atoms with E-state index in [1.54, 1.807) is 0 Å². The number of ether oxygens (including phenoxy) is 1. The molecule has 0 saturated heterocycles. The second kappa shape index (κ2) is 6.14. The summed E-state index contributed by atoms with van der Waals surface area (Å²) in [5.74, 6) is 0.816. The molecule has 0 N–H and O–H groups in total. The third kappa shape index (κ3) is 3.90. The van der Waals surface area contributed by atoms with Crippen LogP contribution in [-0.2, 0) is 9.53 Å². The van der Waals surface area contributed by atoms with Crippen LogP contribution in [0.2, 0.25) is 0 Å². The van der Waals surface area contributed by atoms with Gasteiger partial charge >= 0.3 is 0 Å². The van der Waals surface area contributed by atoms with Gasteiger partial charge in [-0.2, -0.15) is 0 Å². The molecule has 1 atom stereocenters. The molecule has 76 valence electrons. The normalized spacial score (nSPS) is 20.4. The average Bonchev–Trinajstić information content (AvgIpc) is 2.58. The van der Waals surface area contributed by atoms with E-state index in [2.05, 4.69) is 0 Å². The van der Waals surface area contributed by atoms with Crippen LogP contribution >= 0.6 is 0 Å². The van der Waals surface area contributed by atoms with Crippen molar-refractivity contribution < 1.29 is 9.53 Å². The molecule has 2 heteroatoms. The first-order valence-electron chi connectivity index (χ1n) is 5.42. The Labute approximate surface area is 80.7 Å². The first-order chi connectivity index (χ1) is 6.36.